The van der Waals surface area contributed by atoms with Crippen molar-refractivity contribution in [1.29, 1.82) is 0 Å². The van der Waals surface area contributed by atoms with Crippen molar-refractivity contribution in [3.05, 3.63) is 59.4 Å². The van der Waals surface area contributed by atoms with Crippen molar-refractivity contribution in [2.24, 2.45) is 0 Å². The predicted molar refractivity (Wildman–Crippen MR) is 98.0 cm³/mol. The molecule has 1 N–H and O–H groups in total. The number of aliphatic hydroxyl groups excluding tert-OH is 1. The quantitative estimate of drug-likeness (QED) is 0.854. The van der Waals surface area contributed by atoms with Crippen LogP contribution < -0.4 is 9.64 Å². The van der Waals surface area contributed by atoms with E-state index in [1.807, 2.05) is 12.1 Å². The first-order chi connectivity index (χ1) is 12.1. The number of para-hydroxylation sites is 1. The average molecular weight is 365 g/mol. The van der Waals surface area contributed by atoms with Crippen LogP contribution in [0.1, 0.15) is 0 Å². The molecule has 2 aromatic rings. The number of piperazine rings is 1. The minimum absolute atomic E-state index is 0.210. The number of benzene rings is 2. The zero-order valence-electron chi connectivity index (χ0n) is 13.9. The van der Waals surface area contributed by atoms with Gasteiger partial charge in [-0.3, -0.25) is 4.90 Å². The van der Waals surface area contributed by atoms with E-state index in [1.165, 1.54) is 12.1 Å². The Hall–Kier alpha value is -1.82. The highest BCUT2D eigenvalue weighted by Gasteiger charge is 2.20. The summed E-state index contributed by atoms with van der Waals surface area (Å²) in [7, 11) is 0. The summed E-state index contributed by atoms with van der Waals surface area (Å²) in [5.74, 6) is 0.369. The van der Waals surface area contributed by atoms with E-state index >= 15 is 0 Å². The van der Waals surface area contributed by atoms with Gasteiger partial charge in [0.05, 0.1) is 5.02 Å². The van der Waals surface area contributed by atoms with Crippen molar-refractivity contribution >= 4 is 17.3 Å². The Morgan fingerprint density at radius 3 is 2.40 bits per heavy atom. The number of hydrogen-bond donors (Lipinski definition) is 1. The van der Waals surface area contributed by atoms with Gasteiger partial charge in [-0.2, -0.15) is 0 Å². The number of nitrogens with zero attached hydrogens (tertiary/aromatic N) is 2. The molecule has 25 heavy (non-hydrogen) atoms. The number of rotatable bonds is 6. The minimum Gasteiger partial charge on any atom is -0.489 e. The first-order valence-corrected chi connectivity index (χ1v) is 8.78. The highest BCUT2D eigenvalue weighted by Crippen LogP contribution is 2.23. The van der Waals surface area contributed by atoms with E-state index in [9.17, 15) is 9.50 Å². The van der Waals surface area contributed by atoms with Crippen LogP contribution in [0.2, 0.25) is 5.02 Å². The third kappa shape index (κ3) is 5.08. The molecule has 134 valence electrons. The fraction of sp³-hybridized carbons (Fsp3) is 0.368. The van der Waals surface area contributed by atoms with Gasteiger partial charge in [-0.05, 0) is 36.4 Å². The van der Waals surface area contributed by atoms with Crippen molar-refractivity contribution in [2.75, 3.05) is 44.2 Å². The normalized spacial score (nSPS) is 16.7. The Kier molecular flexibility index (Phi) is 6.13. The van der Waals surface area contributed by atoms with E-state index < -0.39 is 6.10 Å². The third-order valence-electron chi connectivity index (χ3n) is 4.30. The number of hydrogen-bond acceptors (Lipinski definition) is 4. The minimum atomic E-state index is -0.575. The molecule has 1 unspecified atom stereocenters. The predicted octanol–water partition coefficient (Wildman–Crippen LogP) is 3.04. The summed E-state index contributed by atoms with van der Waals surface area (Å²) in [6, 6.07) is 13.8. The fourth-order valence-corrected chi connectivity index (χ4v) is 3.13. The van der Waals surface area contributed by atoms with Gasteiger partial charge in [0, 0.05) is 38.4 Å². The summed E-state index contributed by atoms with van der Waals surface area (Å²) in [6.07, 6.45) is -0.575. The molecule has 0 amide bonds. The SMILES string of the molecule is OC(COc1ccccc1Cl)CN1CCN(c2ccc(F)cc2)CC1. The van der Waals surface area contributed by atoms with E-state index in [-0.39, 0.29) is 12.4 Å². The molecular weight excluding hydrogens is 343 g/mol. The Bertz CT molecular complexity index is 675. The number of β-amino-alcohol motifs (C(OH)–C–C–N with tert-alkyl or cyclic N) is 1. The van der Waals surface area contributed by atoms with Gasteiger partial charge in [0.25, 0.3) is 0 Å². The Morgan fingerprint density at radius 2 is 1.72 bits per heavy atom. The number of halogens is 2. The highest BCUT2D eigenvalue weighted by molar-refractivity contribution is 6.32. The van der Waals surface area contributed by atoms with Crippen LogP contribution in [0.25, 0.3) is 0 Å². The number of anilines is 1. The monoisotopic (exact) mass is 364 g/mol. The Morgan fingerprint density at radius 1 is 1.04 bits per heavy atom. The maximum absolute atomic E-state index is 13.0. The first kappa shape index (κ1) is 18.0. The lowest BCUT2D eigenvalue weighted by Crippen LogP contribution is -2.49. The topological polar surface area (TPSA) is 35.9 Å². The third-order valence-corrected chi connectivity index (χ3v) is 4.61. The van der Waals surface area contributed by atoms with Gasteiger partial charge in [0.15, 0.2) is 0 Å². The lowest BCUT2D eigenvalue weighted by atomic mass is 10.2. The number of aliphatic hydroxyl groups is 1. The molecule has 1 fully saturated rings. The molecule has 0 spiro atoms. The van der Waals surface area contributed by atoms with Gasteiger partial charge in [0.2, 0.25) is 0 Å². The molecule has 1 aliphatic heterocycles. The van der Waals surface area contributed by atoms with Crippen LogP contribution in [-0.2, 0) is 0 Å². The summed E-state index contributed by atoms with van der Waals surface area (Å²) in [5.41, 5.74) is 1.03. The molecule has 1 heterocycles. The molecule has 4 nitrogen and oxygen atoms in total. The van der Waals surface area contributed by atoms with Crippen LogP contribution in [0.4, 0.5) is 10.1 Å². The van der Waals surface area contributed by atoms with Crippen molar-refractivity contribution in [1.82, 2.24) is 4.90 Å². The largest absolute Gasteiger partial charge is 0.489 e. The van der Waals surface area contributed by atoms with Crippen molar-refractivity contribution in [3.63, 3.8) is 0 Å². The van der Waals surface area contributed by atoms with E-state index in [2.05, 4.69) is 9.80 Å². The van der Waals surface area contributed by atoms with Crippen LogP contribution in [0.3, 0.4) is 0 Å². The molecule has 0 radical (unpaired) electrons. The van der Waals surface area contributed by atoms with Crippen molar-refractivity contribution in [2.45, 2.75) is 6.10 Å². The van der Waals surface area contributed by atoms with Crippen molar-refractivity contribution in [3.8, 4) is 5.75 Å². The Balaban J connectivity index is 1.42. The van der Waals surface area contributed by atoms with Gasteiger partial charge in [-0.1, -0.05) is 23.7 Å². The first-order valence-electron chi connectivity index (χ1n) is 8.40. The maximum atomic E-state index is 13.0. The van der Waals surface area contributed by atoms with Crippen LogP contribution >= 0.6 is 11.6 Å². The molecular formula is C19H22ClFN2O2. The van der Waals surface area contributed by atoms with Crippen molar-refractivity contribution < 1.29 is 14.2 Å². The molecule has 1 atom stereocenters. The summed E-state index contributed by atoms with van der Waals surface area (Å²) < 4.78 is 18.6. The van der Waals surface area contributed by atoms with Gasteiger partial charge in [-0.25, -0.2) is 4.39 Å². The molecule has 1 saturated heterocycles. The van der Waals surface area contributed by atoms with Gasteiger partial charge >= 0.3 is 0 Å². The van der Waals surface area contributed by atoms with E-state index in [4.69, 9.17) is 16.3 Å². The van der Waals surface area contributed by atoms with Gasteiger partial charge in [0.1, 0.15) is 24.3 Å². The zero-order valence-corrected chi connectivity index (χ0v) is 14.7. The van der Waals surface area contributed by atoms with E-state index in [1.54, 1.807) is 24.3 Å². The fourth-order valence-electron chi connectivity index (χ4n) is 2.94. The summed E-state index contributed by atoms with van der Waals surface area (Å²) in [6.45, 7) is 4.16. The molecule has 2 aromatic carbocycles. The van der Waals surface area contributed by atoms with Gasteiger partial charge < -0.3 is 14.7 Å². The maximum Gasteiger partial charge on any atom is 0.138 e. The van der Waals surface area contributed by atoms with Crippen LogP contribution in [0.5, 0.6) is 5.75 Å². The lowest BCUT2D eigenvalue weighted by molar-refractivity contribution is 0.0663. The molecule has 0 bridgehead atoms. The van der Waals surface area contributed by atoms with Crippen LogP contribution in [0.15, 0.2) is 48.5 Å². The number of ether oxygens (including phenoxy) is 1. The smallest absolute Gasteiger partial charge is 0.138 e. The second-order valence-corrected chi connectivity index (χ2v) is 6.57. The Labute approximate surface area is 152 Å². The molecule has 0 saturated carbocycles. The second-order valence-electron chi connectivity index (χ2n) is 6.16. The lowest BCUT2D eigenvalue weighted by Gasteiger charge is -2.36. The van der Waals surface area contributed by atoms with E-state index in [0.29, 0.717) is 17.3 Å². The van der Waals surface area contributed by atoms with Crippen LogP contribution in [0, 0.1) is 5.82 Å². The standard InChI is InChI=1S/C19H22ClFN2O2/c20-18-3-1-2-4-19(18)25-14-17(24)13-22-9-11-23(12-10-22)16-7-5-15(21)6-8-16/h1-8,17,24H,9-14H2. The zero-order chi connectivity index (χ0) is 17.6. The second kappa shape index (κ2) is 8.52. The summed E-state index contributed by atoms with van der Waals surface area (Å²) in [4.78, 5) is 4.43. The molecule has 0 aromatic heterocycles. The molecule has 0 aliphatic carbocycles. The summed E-state index contributed by atoms with van der Waals surface area (Å²) >= 11 is 6.04. The molecule has 3 rings (SSSR count). The average Bonchev–Trinajstić information content (AvgIpc) is 2.62. The van der Waals surface area contributed by atoms with E-state index in [0.717, 1.165) is 31.9 Å². The molecule has 6 heteroatoms. The van der Waals surface area contributed by atoms with Gasteiger partial charge in [-0.15, -0.1) is 0 Å². The summed E-state index contributed by atoms with van der Waals surface area (Å²) in [5, 5.41) is 10.7. The van der Waals surface area contributed by atoms with Crippen LogP contribution in [-0.4, -0.2) is 55.4 Å². The highest BCUT2D eigenvalue weighted by atomic mass is 35.5. The molecule has 1 aliphatic rings.